The molecule has 0 bridgehead atoms. The number of nitrogens with two attached hydrogens (primary N) is 1. The molecule has 3 N–H and O–H groups in total. The van der Waals surface area contributed by atoms with Gasteiger partial charge in [-0.3, -0.25) is 9.88 Å². The standard InChI is InChI=1S/C15H11Cl2N5/c16-9-6-5-8(7-10(9)17)13-20-14(18)21-15-19-11-3-1-2-4-12(11)22(13)15/h1-7,13H,(H3,18,19,20,21)/t13-/m1/s1. The molecular formula is C15H11Cl2N5. The summed E-state index contributed by atoms with van der Waals surface area (Å²) in [6.45, 7) is 0. The second kappa shape index (κ2) is 4.90. The Kier molecular flexibility index (Phi) is 2.99. The molecule has 0 saturated carbocycles. The molecule has 0 radical (unpaired) electrons. The molecule has 0 aliphatic carbocycles. The highest BCUT2D eigenvalue weighted by molar-refractivity contribution is 6.42. The summed E-state index contributed by atoms with van der Waals surface area (Å²) in [6, 6.07) is 13.3. The van der Waals surface area contributed by atoms with Crippen molar-refractivity contribution in [1.29, 1.82) is 0 Å². The maximum atomic E-state index is 6.14. The second-order valence-electron chi connectivity index (χ2n) is 4.98. The molecule has 1 aromatic heterocycles. The number of nitrogens with zero attached hydrogens (tertiary/aromatic N) is 3. The lowest BCUT2D eigenvalue weighted by atomic mass is 10.1. The predicted octanol–water partition coefficient (Wildman–Crippen LogP) is 3.63. The zero-order valence-corrected chi connectivity index (χ0v) is 12.8. The molecule has 110 valence electrons. The molecule has 2 aromatic carbocycles. The molecule has 5 nitrogen and oxygen atoms in total. The van der Waals surface area contributed by atoms with E-state index in [9.17, 15) is 0 Å². The molecule has 22 heavy (non-hydrogen) atoms. The number of aliphatic imine (C=N–C) groups is 1. The number of guanidine groups is 1. The first kappa shape index (κ1) is 13.4. The van der Waals surface area contributed by atoms with Crippen LogP contribution in [0.3, 0.4) is 0 Å². The minimum absolute atomic E-state index is 0.318. The first-order chi connectivity index (χ1) is 10.6. The average Bonchev–Trinajstić information content (AvgIpc) is 2.87. The van der Waals surface area contributed by atoms with E-state index in [1.54, 1.807) is 12.1 Å². The lowest BCUT2D eigenvalue weighted by molar-refractivity contribution is 0.626. The summed E-state index contributed by atoms with van der Waals surface area (Å²) in [5.41, 5.74) is 8.63. The highest BCUT2D eigenvalue weighted by atomic mass is 35.5. The van der Waals surface area contributed by atoms with Crippen molar-refractivity contribution in [2.75, 3.05) is 5.32 Å². The topological polar surface area (TPSA) is 68.2 Å². The van der Waals surface area contributed by atoms with Gasteiger partial charge >= 0.3 is 0 Å². The van der Waals surface area contributed by atoms with Crippen molar-refractivity contribution in [2.24, 2.45) is 10.7 Å². The predicted molar refractivity (Wildman–Crippen MR) is 89.6 cm³/mol. The molecule has 3 aromatic rings. The van der Waals surface area contributed by atoms with Crippen LogP contribution in [0.25, 0.3) is 11.0 Å². The Morgan fingerprint density at radius 1 is 1.09 bits per heavy atom. The Balaban J connectivity index is 1.96. The van der Waals surface area contributed by atoms with Crippen molar-refractivity contribution in [3.05, 3.63) is 58.1 Å². The van der Waals surface area contributed by atoms with E-state index < -0.39 is 0 Å². The van der Waals surface area contributed by atoms with E-state index in [0.29, 0.717) is 22.0 Å². The van der Waals surface area contributed by atoms with Crippen molar-refractivity contribution >= 4 is 46.1 Å². The molecule has 1 aliphatic rings. The lowest BCUT2D eigenvalue weighted by Crippen LogP contribution is -2.31. The molecule has 0 unspecified atom stereocenters. The number of aromatic nitrogens is 2. The van der Waals surface area contributed by atoms with Crippen molar-refractivity contribution in [1.82, 2.24) is 9.55 Å². The van der Waals surface area contributed by atoms with E-state index in [2.05, 4.69) is 15.3 Å². The number of para-hydroxylation sites is 2. The van der Waals surface area contributed by atoms with Crippen molar-refractivity contribution < 1.29 is 0 Å². The van der Waals surface area contributed by atoms with Crippen LogP contribution < -0.4 is 11.1 Å². The van der Waals surface area contributed by atoms with Crippen LogP contribution in [0.5, 0.6) is 0 Å². The summed E-state index contributed by atoms with van der Waals surface area (Å²) in [6.07, 6.45) is -0.335. The van der Waals surface area contributed by atoms with Gasteiger partial charge in [0.15, 0.2) is 12.1 Å². The first-order valence-electron chi connectivity index (χ1n) is 6.66. The number of hydrogen-bond acceptors (Lipinski definition) is 4. The number of imidazole rings is 1. The molecule has 4 rings (SSSR count). The largest absolute Gasteiger partial charge is 0.370 e. The summed E-state index contributed by atoms with van der Waals surface area (Å²) in [5, 5.41) is 3.99. The molecule has 0 amide bonds. The van der Waals surface area contributed by atoms with Gasteiger partial charge in [-0.1, -0.05) is 41.4 Å². The number of benzene rings is 2. The highest BCUT2D eigenvalue weighted by Crippen LogP contribution is 2.34. The Morgan fingerprint density at radius 2 is 1.91 bits per heavy atom. The van der Waals surface area contributed by atoms with Gasteiger partial charge < -0.3 is 5.73 Å². The minimum atomic E-state index is -0.335. The van der Waals surface area contributed by atoms with Gasteiger partial charge in [0, 0.05) is 0 Å². The number of nitrogens with one attached hydrogen (secondary N) is 1. The Bertz CT molecular complexity index is 915. The first-order valence-corrected chi connectivity index (χ1v) is 7.41. The summed E-state index contributed by atoms with van der Waals surface area (Å²) >= 11 is 12.1. The Morgan fingerprint density at radius 3 is 2.73 bits per heavy atom. The van der Waals surface area contributed by atoms with E-state index in [1.165, 1.54) is 0 Å². The normalized spacial score (nSPS) is 17.0. The van der Waals surface area contributed by atoms with E-state index >= 15 is 0 Å². The fraction of sp³-hybridized carbons (Fsp3) is 0.0667. The highest BCUT2D eigenvalue weighted by Gasteiger charge is 2.25. The van der Waals surface area contributed by atoms with E-state index in [4.69, 9.17) is 28.9 Å². The number of fused-ring (bicyclic) bond motifs is 3. The van der Waals surface area contributed by atoms with Gasteiger partial charge in [-0.15, -0.1) is 0 Å². The Labute approximate surface area is 136 Å². The average molecular weight is 332 g/mol. The fourth-order valence-corrected chi connectivity index (χ4v) is 2.92. The van der Waals surface area contributed by atoms with Crippen LogP contribution in [-0.2, 0) is 0 Å². The molecule has 7 heteroatoms. The van der Waals surface area contributed by atoms with Gasteiger partial charge in [0.1, 0.15) is 0 Å². The summed E-state index contributed by atoms with van der Waals surface area (Å²) in [5.74, 6) is 0.976. The number of halogens is 2. The second-order valence-corrected chi connectivity index (χ2v) is 5.80. The molecule has 2 heterocycles. The van der Waals surface area contributed by atoms with Gasteiger partial charge in [-0.25, -0.2) is 9.98 Å². The van der Waals surface area contributed by atoms with Crippen LogP contribution in [-0.4, -0.2) is 15.5 Å². The summed E-state index contributed by atoms with van der Waals surface area (Å²) in [4.78, 5) is 9.04. The summed E-state index contributed by atoms with van der Waals surface area (Å²) in [7, 11) is 0. The minimum Gasteiger partial charge on any atom is -0.370 e. The maximum absolute atomic E-state index is 6.14. The lowest BCUT2D eigenvalue weighted by Gasteiger charge is -2.24. The van der Waals surface area contributed by atoms with Crippen molar-refractivity contribution in [3.8, 4) is 0 Å². The third-order valence-electron chi connectivity index (χ3n) is 3.58. The van der Waals surface area contributed by atoms with Crippen LogP contribution in [0.4, 0.5) is 5.95 Å². The van der Waals surface area contributed by atoms with Gasteiger partial charge in [-0.2, -0.15) is 0 Å². The van der Waals surface area contributed by atoms with E-state index in [0.717, 1.165) is 16.6 Å². The van der Waals surface area contributed by atoms with E-state index in [-0.39, 0.29) is 6.17 Å². The third-order valence-corrected chi connectivity index (χ3v) is 4.32. The van der Waals surface area contributed by atoms with Gasteiger partial charge in [0.25, 0.3) is 0 Å². The zero-order valence-electron chi connectivity index (χ0n) is 11.3. The van der Waals surface area contributed by atoms with Crippen LogP contribution in [0.1, 0.15) is 11.7 Å². The molecular weight excluding hydrogens is 321 g/mol. The molecule has 0 fully saturated rings. The van der Waals surface area contributed by atoms with Crippen LogP contribution in [0.15, 0.2) is 47.5 Å². The van der Waals surface area contributed by atoms with Gasteiger partial charge in [0.05, 0.1) is 21.1 Å². The maximum Gasteiger partial charge on any atom is 0.212 e. The SMILES string of the molecule is NC1=N[C@@H](c2ccc(Cl)c(Cl)c2)n2c(nc3ccccc32)N1. The number of hydrogen-bond donors (Lipinski definition) is 2. The van der Waals surface area contributed by atoms with Gasteiger partial charge in [0.2, 0.25) is 5.95 Å². The number of rotatable bonds is 1. The van der Waals surface area contributed by atoms with Crippen LogP contribution >= 0.6 is 23.2 Å². The van der Waals surface area contributed by atoms with Crippen molar-refractivity contribution in [3.63, 3.8) is 0 Å². The third kappa shape index (κ3) is 2.01. The number of anilines is 1. The molecule has 0 saturated heterocycles. The van der Waals surface area contributed by atoms with Crippen LogP contribution in [0, 0.1) is 0 Å². The zero-order chi connectivity index (χ0) is 15.3. The summed E-state index contributed by atoms with van der Waals surface area (Å²) < 4.78 is 1.99. The van der Waals surface area contributed by atoms with E-state index in [1.807, 2.05) is 34.9 Å². The smallest absolute Gasteiger partial charge is 0.212 e. The molecule has 1 aliphatic heterocycles. The Hall–Kier alpha value is -2.24. The molecule has 0 spiro atoms. The monoisotopic (exact) mass is 331 g/mol. The van der Waals surface area contributed by atoms with Crippen LogP contribution in [0.2, 0.25) is 10.0 Å². The quantitative estimate of drug-likeness (QED) is 0.715. The molecule has 1 atom stereocenters. The van der Waals surface area contributed by atoms with Gasteiger partial charge in [-0.05, 0) is 29.8 Å². The van der Waals surface area contributed by atoms with Crippen molar-refractivity contribution in [2.45, 2.75) is 6.17 Å². The fourth-order valence-electron chi connectivity index (χ4n) is 2.61.